The number of amides is 3. The van der Waals surface area contributed by atoms with Gasteiger partial charge in [0.05, 0.1) is 5.56 Å². The Morgan fingerprint density at radius 3 is 2.31 bits per heavy atom. The number of hydrogen-bond acceptors (Lipinski definition) is 3. The largest absolute Gasteiger partial charge is 0.335 e. The van der Waals surface area contributed by atoms with Crippen LogP contribution in [0.5, 0.6) is 0 Å². The number of nitrogens with one attached hydrogen (secondary N) is 1. The topological polar surface area (TPSA) is 65.5 Å². The van der Waals surface area contributed by atoms with Crippen molar-refractivity contribution in [2.45, 2.75) is 6.54 Å². The molecule has 136 valence electrons. The van der Waals surface area contributed by atoms with E-state index >= 15 is 0 Å². The molecule has 6 nitrogen and oxygen atoms in total. The summed E-state index contributed by atoms with van der Waals surface area (Å²) in [6.07, 6.45) is 1.45. The van der Waals surface area contributed by atoms with Gasteiger partial charge in [0, 0.05) is 38.9 Å². The van der Waals surface area contributed by atoms with Gasteiger partial charge in [-0.2, -0.15) is 0 Å². The third-order valence-corrected chi connectivity index (χ3v) is 4.41. The Balaban J connectivity index is 1.48. The Morgan fingerprint density at radius 1 is 1.04 bits per heavy atom. The Bertz CT molecular complexity index is 775. The summed E-state index contributed by atoms with van der Waals surface area (Å²) in [5.74, 6) is -0.433. The molecule has 1 saturated heterocycles. The van der Waals surface area contributed by atoms with E-state index in [0.717, 1.165) is 5.56 Å². The Morgan fingerprint density at radius 2 is 1.69 bits per heavy atom. The van der Waals surface area contributed by atoms with Crippen LogP contribution >= 0.6 is 11.6 Å². The summed E-state index contributed by atoms with van der Waals surface area (Å²) in [5, 5.41) is 3.14. The smallest absolute Gasteiger partial charge is 0.317 e. The highest BCUT2D eigenvalue weighted by molar-refractivity contribution is 6.29. The van der Waals surface area contributed by atoms with Gasteiger partial charge in [0.1, 0.15) is 11.0 Å². The predicted octanol–water partition coefficient (Wildman–Crippen LogP) is 2.54. The number of halogens is 2. The van der Waals surface area contributed by atoms with Crippen LogP contribution < -0.4 is 5.32 Å². The highest BCUT2D eigenvalue weighted by atomic mass is 35.5. The molecule has 2 heterocycles. The number of benzene rings is 1. The zero-order valence-electron chi connectivity index (χ0n) is 14.0. The minimum atomic E-state index is -0.309. The second-order valence-corrected chi connectivity index (χ2v) is 6.32. The highest BCUT2D eigenvalue weighted by Gasteiger charge is 2.24. The Kier molecular flexibility index (Phi) is 5.68. The van der Waals surface area contributed by atoms with Crippen LogP contribution in [0.3, 0.4) is 0 Å². The quantitative estimate of drug-likeness (QED) is 0.837. The maximum Gasteiger partial charge on any atom is 0.317 e. The number of aromatic nitrogens is 1. The second kappa shape index (κ2) is 8.14. The number of urea groups is 1. The Hall–Kier alpha value is -2.67. The van der Waals surface area contributed by atoms with Crippen molar-refractivity contribution in [2.75, 3.05) is 26.2 Å². The van der Waals surface area contributed by atoms with Gasteiger partial charge in [-0.3, -0.25) is 4.79 Å². The molecule has 1 aromatic carbocycles. The van der Waals surface area contributed by atoms with Gasteiger partial charge in [-0.1, -0.05) is 23.7 Å². The molecule has 0 saturated carbocycles. The maximum atomic E-state index is 12.9. The molecule has 1 aliphatic heterocycles. The van der Waals surface area contributed by atoms with Gasteiger partial charge in [-0.05, 0) is 29.8 Å². The van der Waals surface area contributed by atoms with E-state index in [0.29, 0.717) is 43.4 Å². The van der Waals surface area contributed by atoms with Crippen molar-refractivity contribution in [1.82, 2.24) is 20.1 Å². The monoisotopic (exact) mass is 376 g/mol. The molecule has 2 aromatic rings. The fraction of sp³-hybridized carbons (Fsp3) is 0.278. The van der Waals surface area contributed by atoms with Crippen molar-refractivity contribution in [1.29, 1.82) is 0 Å². The lowest BCUT2D eigenvalue weighted by Crippen LogP contribution is -2.53. The summed E-state index contributed by atoms with van der Waals surface area (Å²) < 4.78 is 12.9. The molecule has 3 amide bonds. The number of pyridine rings is 1. The van der Waals surface area contributed by atoms with Crippen LogP contribution in [0.25, 0.3) is 0 Å². The van der Waals surface area contributed by atoms with Crippen LogP contribution in [0.15, 0.2) is 42.6 Å². The van der Waals surface area contributed by atoms with Gasteiger partial charge < -0.3 is 15.1 Å². The molecular formula is C18H18ClFN4O2. The van der Waals surface area contributed by atoms with Gasteiger partial charge in [0.25, 0.3) is 5.91 Å². The van der Waals surface area contributed by atoms with Crippen LogP contribution in [0.4, 0.5) is 9.18 Å². The van der Waals surface area contributed by atoms with E-state index in [-0.39, 0.29) is 17.8 Å². The van der Waals surface area contributed by atoms with Crippen LogP contribution in [0, 0.1) is 5.82 Å². The number of carbonyl (C=O) groups excluding carboxylic acids is 2. The molecule has 1 N–H and O–H groups in total. The average Bonchev–Trinajstić information content (AvgIpc) is 2.67. The van der Waals surface area contributed by atoms with E-state index in [2.05, 4.69) is 10.3 Å². The summed E-state index contributed by atoms with van der Waals surface area (Å²) in [5.41, 5.74) is 1.30. The van der Waals surface area contributed by atoms with E-state index in [9.17, 15) is 14.0 Å². The lowest BCUT2D eigenvalue weighted by molar-refractivity contribution is 0.0664. The zero-order chi connectivity index (χ0) is 18.5. The average molecular weight is 377 g/mol. The summed E-state index contributed by atoms with van der Waals surface area (Å²) in [4.78, 5) is 31.9. The lowest BCUT2D eigenvalue weighted by atomic mass is 10.2. The maximum absolute atomic E-state index is 12.9. The van der Waals surface area contributed by atoms with Gasteiger partial charge in [0.15, 0.2) is 0 Å². The Labute approximate surface area is 155 Å². The number of hydrogen-bond donors (Lipinski definition) is 1. The molecule has 0 unspecified atom stereocenters. The van der Waals surface area contributed by atoms with Crippen molar-refractivity contribution in [3.63, 3.8) is 0 Å². The standard InChI is InChI=1S/C18H18ClFN4O2/c19-16-6-3-14(12-21-16)17(25)23-7-9-24(10-8-23)18(26)22-11-13-1-4-15(20)5-2-13/h1-6,12H,7-11H2,(H,22,26). The van der Waals surface area contributed by atoms with Crippen molar-refractivity contribution >= 4 is 23.5 Å². The van der Waals surface area contributed by atoms with E-state index in [4.69, 9.17) is 11.6 Å². The lowest BCUT2D eigenvalue weighted by Gasteiger charge is -2.34. The number of rotatable bonds is 3. The zero-order valence-corrected chi connectivity index (χ0v) is 14.7. The first kappa shape index (κ1) is 18.1. The van der Waals surface area contributed by atoms with Crippen molar-refractivity contribution in [3.05, 3.63) is 64.7 Å². The first-order valence-corrected chi connectivity index (χ1v) is 8.59. The molecule has 0 bridgehead atoms. The van der Waals surface area contributed by atoms with Crippen molar-refractivity contribution < 1.29 is 14.0 Å². The predicted molar refractivity (Wildman–Crippen MR) is 95.4 cm³/mol. The number of carbonyl (C=O) groups is 2. The van der Waals surface area contributed by atoms with E-state index < -0.39 is 0 Å². The molecule has 1 aromatic heterocycles. The van der Waals surface area contributed by atoms with E-state index in [1.807, 2.05) is 0 Å². The molecular weight excluding hydrogens is 359 g/mol. The SMILES string of the molecule is O=C(NCc1ccc(F)cc1)N1CCN(C(=O)c2ccc(Cl)nc2)CC1. The van der Waals surface area contributed by atoms with Crippen LogP contribution in [0.1, 0.15) is 15.9 Å². The van der Waals surface area contributed by atoms with Crippen molar-refractivity contribution in [3.8, 4) is 0 Å². The fourth-order valence-corrected chi connectivity index (χ4v) is 2.80. The van der Waals surface area contributed by atoms with Gasteiger partial charge in [-0.15, -0.1) is 0 Å². The van der Waals surface area contributed by atoms with Gasteiger partial charge in [-0.25, -0.2) is 14.2 Å². The number of nitrogens with zero attached hydrogens (tertiary/aromatic N) is 3. The molecule has 0 spiro atoms. The fourth-order valence-electron chi connectivity index (χ4n) is 2.69. The van der Waals surface area contributed by atoms with Gasteiger partial charge in [0.2, 0.25) is 0 Å². The molecule has 0 radical (unpaired) electrons. The normalized spacial score (nSPS) is 14.2. The summed E-state index contributed by atoms with van der Waals surface area (Å²) in [6.45, 7) is 2.12. The molecule has 1 fully saturated rings. The van der Waals surface area contributed by atoms with Crippen LogP contribution in [0.2, 0.25) is 5.15 Å². The molecule has 0 aliphatic carbocycles. The molecule has 8 heteroatoms. The summed E-state index contributed by atoms with van der Waals surface area (Å²) in [7, 11) is 0. The first-order valence-electron chi connectivity index (χ1n) is 8.21. The third-order valence-electron chi connectivity index (χ3n) is 4.19. The number of piperazine rings is 1. The minimum Gasteiger partial charge on any atom is -0.335 e. The van der Waals surface area contributed by atoms with Crippen LogP contribution in [-0.2, 0) is 6.54 Å². The van der Waals surface area contributed by atoms with Crippen molar-refractivity contribution in [2.24, 2.45) is 0 Å². The van der Waals surface area contributed by atoms with E-state index in [1.165, 1.54) is 18.3 Å². The van der Waals surface area contributed by atoms with Crippen LogP contribution in [-0.4, -0.2) is 52.9 Å². The molecule has 3 rings (SSSR count). The highest BCUT2D eigenvalue weighted by Crippen LogP contribution is 2.11. The minimum absolute atomic E-state index is 0.125. The first-order chi connectivity index (χ1) is 12.5. The van der Waals surface area contributed by atoms with Gasteiger partial charge >= 0.3 is 6.03 Å². The second-order valence-electron chi connectivity index (χ2n) is 5.93. The molecule has 26 heavy (non-hydrogen) atoms. The molecule has 1 aliphatic rings. The summed E-state index contributed by atoms with van der Waals surface area (Å²) >= 11 is 5.73. The molecule has 0 atom stereocenters. The third kappa shape index (κ3) is 4.49. The van der Waals surface area contributed by atoms with E-state index in [1.54, 1.807) is 34.1 Å². The summed E-state index contributed by atoms with van der Waals surface area (Å²) in [6, 6.07) is 9.00.